The molecular weight excluding hydrogens is 267 g/mol. The molecule has 0 aromatic heterocycles. The van der Waals surface area contributed by atoms with Crippen molar-refractivity contribution in [2.75, 3.05) is 0 Å². The highest BCUT2D eigenvalue weighted by molar-refractivity contribution is 9.26. The molecule has 0 bridgehead atoms. The Balaban J connectivity index is 2.61. The molecule has 0 nitrogen and oxygen atoms in total. The third kappa shape index (κ3) is 2.48. The minimum absolute atomic E-state index is 0.0985. The Morgan fingerprint density at radius 3 is 2.64 bits per heavy atom. The van der Waals surface area contributed by atoms with Gasteiger partial charge < -0.3 is 0 Å². The molecule has 0 aromatic carbocycles. The minimum Gasteiger partial charge on any atom is -0.112 e. The fourth-order valence-electron chi connectivity index (χ4n) is 1.16. The lowest BCUT2D eigenvalue weighted by molar-refractivity contribution is 1.00. The highest BCUT2D eigenvalue weighted by atomic mass is 79.9. The Bertz CT molecular complexity index is 185. The first-order chi connectivity index (χ1) is 5.17. The molecule has 0 amide bonds. The molecule has 3 heteroatoms. The van der Waals surface area contributed by atoms with Gasteiger partial charge in [-0.05, 0) is 12.7 Å². The molecule has 0 spiro atoms. The van der Waals surface area contributed by atoms with Gasteiger partial charge >= 0.3 is 0 Å². The predicted octanol–water partition coefficient (Wildman–Crippen LogP) is 3.58. The number of hydrogen-bond acceptors (Lipinski definition) is 0. The molecule has 1 aliphatic heterocycles. The summed E-state index contributed by atoms with van der Waals surface area (Å²) in [6.45, 7) is 2.76. The number of allylic oxidation sites excluding steroid dienone is 3. The summed E-state index contributed by atoms with van der Waals surface area (Å²) in [6, 6.07) is 0. The average Bonchev–Trinajstić information content (AvgIpc) is 2.06. The maximum Gasteiger partial charge on any atom is 0.202 e. The van der Waals surface area contributed by atoms with E-state index in [1.54, 1.807) is 0 Å². The lowest BCUT2D eigenvalue weighted by Crippen LogP contribution is -2.32. The molecule has 0 aromatic rings. The fraction of sp³-hybridized carbons (Fsp3) is 0.500. The van der Waals surface area contributed by atoms with E-state index in [9.17, 15) is 0 Å². The number of rotatable bonds is 2. The fourth-order valence-corrected chi connectivity index (χ4v) is 1.84. The van der Waals surface area contributed by atoms with Crippen molar-refractivity contribution in [3.05, 3.63) is 24.2 Å². The number of alkyl halides is 2. The van der Waals surface area contributed by atoms with Gasteiger partial charge in [-0.1, -0.05) is 57.0 Å². The zero-order valence-corrected chi connectivity index (χ0v) is 9.73. The Kier molecular flexibility index (Phi) is 3.44. The third-order valence-electron chi connectivity index (χ3n) is 1.99. The van der Waals surface area contributed by atoms with Gasteiger partial charge in [-0.15, -0.1) is 5.98 Å². The van der Waals surface area contributed by atoms with Crippen LogP contribution in [0.3, 0.4) is 0 Å². The molecule has 0 fully saturated rings. The van der Waals surface area contributed by atoms with Crippen molar-refractivity contribution in [3.63, 3.8) is 0 Å². The van der Waals surface area contributed by atoms with E-state index in [4.69, 9.17) is 0 Å². The normalized spacial score (nSPS) is 17.5. The molecule has 0 radical (unpaired) electrons. The van der Waals surface area contributed by atoms with Gasteiger partial charge in [0.2, 0.25) is 6.71 Å². The van der Waals surface area contributed by atoms with Gasteiger partial charge in [0.25, 0.3) is 0 Å². The maximum atomic E-state index is 3.67. The van der Waals surface area contributed by atoms with E-state index in [0.29, 0.717) is 6.71 Å². The van der Waals surface area contributed by atoms with Gasteiger partial charge in [-0.2, -0.15) is 0 Å². The quantitative estimate of drug-likeness (QED) is 0.535. The van der Waals surface area contributed by atoms with Gasteiger partial charge in [0.1, 0.15) is 0 Å². The highest BCUT2D eigenvalue weighted by Crippen LogP contribution is 2.35. The summed E-state index contributed by atoms with van der Waals surface area (Å²) in [5.74, 6) is 2.24. The lowest BCUT2D eigenvalue weighted by atomic mass is 9.43. The molecule has 0 atom stereocenters. The summed E-state index contributed by atoms with van der Waals surface area (Å²) in [6.07, 6.45) is 8.64. The summed E-state index contributed by atoms with van der Waals surface area (Å²) in [5.41, 5.74) is 0. The Morgan fingerprint density at radius 2 is 2.18 bits per heavy atom. The van der Waals surface area contributed by atoms with Crippen molar-refractivity contribution in [1.82, 2.24) is 0 Å². The SMILES string of the molecule is CCC(Br)(Br)B1C=CC=CC1. The van der Waals surface area contributed by atoms with Crippen LogP contribution in [-0.4, -0.2) is 9.85 Å². The average molecular weight is 278 g/mol. The molecule has 0 unspecified atom stereocenters. The molecule has 0 aliphatic carbocycles. The Labute approximate surface area is 85.5 Å². The van der Waals surface area contributed by atoms with E-state index in [0.717, 1.165) is 12.7 Å². The summed E-state index contributed by atoms with van der Waals surface area (Å²) >= 11 is 7.35. The van der Waals surface area contributed by atoms with E-state index < -0.39 is 0 Å². The molecule has 1 rings (SSSR count). The maximum absolute atomic E-state index is 3.67. The van der Waals surface area contributed by atoms with Crippen molar-refractivity contribution in [2.24, 2.45) is 0 Å². The number of halogens is 2. The summed E-state index contributed by atoms with van der Waals surface area (Å²) < 4.78 is 0.0985. The predicted molar refractivity (Wildman–Crippen MR) is 59.7 cm³/mol. The van der Waals surface area contributed by atoms with Crippen LogP contribution >= 0.6 is 31.9 Å². The first-order valence-corrected chi connectivity index (χ1v) is 5.46. The second-order valence-corrected chi connectivity index (χ2v) is 6.66. The second-order valence-electron chi connectivity index (χ2n) is 2.77. The minimum atomic E-state index is 0.0985. The van der Waals surface area contributed by atoms with Crippen LogP contribution in [0.15, 0.2) is 24.2 Å². The molecule has 11 heavy (non-hydrogen) atoms. The Morgan fingerprint density at radius 1 is 1.45 bits per heavy atom. The van der Waals surface area contributed by atoms with Gasteiger partial charge in [0.05, 0.1) is 3.13 Å². The topological polar surface area (TPSA) is 0 Å². The van der Waals surface area contributed by atoms with Crippen molar-refractivity contribution in [1.29, 1.82) is 0 Å². The van der Waals surface area contributed by atoms with Gasteiger partial charge in [-0.25, -0.2) is 0 Å². The van der Waals surface area contributed by atoms with Crippen molar-refractivity contribution < 1.29 is 0 Å². The zero-order valence-electron chi connectivity index (χ0n) is 6.56. The van der Waals surface area contributed by atoms with E-state index in [2.05, 4.69) is 63.0 Å². The molecule has 1 heterocycles. The van der Waals surface area contributed by atoms with E-state index >= 15 is 0 Å². The molecule has 0 N–H and O–H groups in total. The molecule has 1 aliphatic rings. The third-order valence-corrected chi connectivity index (χ3v) is 4.29. The Hall–Kier alpha value is 0.505. The summed E-state index contributed by atoms with van der Waals surface area (Å²) in [7, 11) is 0. The van der Waals surface area contributed by atoms with E-state index in [-0.39, 0.29) is 3.13 Å². The van der Waals surface area contributed by atoms with Crippen molar-refractivity contribution >= 4 is 38.6 Å². The van der Waals surface area contributed by atoms with E-state index in [1.807, 2.05) is 0 Å². The highest BCUT2D eigenvalue weighted by Gasteiger charge is 2.32. The van der Waals surface area contributed by atoms with E-state index in [1.165, 1.54) is 0 Å². The van der Waals surface area contributed by atoms with Gasteiger partial charge in [0.15, 0.2) is 0 Å². The van der Waals surface area contributed by atoms with Crippen LogP contribution in [0.2, 0.25) is 6.32 Å². The molecule has 0 saturated heterocycles. The van der Waals surface area contributed by atoms with Crippen molar-refractivity contribution in [2.45, 2.75) is 22.8 Å². The molecule has 60 valence electrons. The van der Waals surface area contributed by atoms with Crippen LogP contribution in [0.4, 0.5) is 0 Å². The smallest absolute Gasteiger partial charge is 0.112 e. The van der Waals surface area contributed by atoms with Crippen molar-refractivity contribution in [3.8, 4) is 0 Å². The second kappa shape index (κ2) is 3.95. The lowest BCUT2D eigenvalue weighted by Gasteiger charge is -2.24. The van der Waals surface area contributed by atoms with Crippen LogP contribution in [0.1, 0.15) is 13.3 Å². The monoisotopic (exact) mass is 276 g/mol. The van der Waals surface area contributed by atoms with Crippen LogP contribution in [0.25, 0.3) is 0 Å². The first kappa shape index (κ1) is 9.59. The number of hydrogen-bond donors (Lipinski definition) is 0. The summed E-state index contributed by atoms with van der Waals surface area (Å²) in [5, 5.41) is 0. The van der Waals surface area contributed by atoms with Crippen LogP contribution in [-0.2, 0) is 0 Å². The van der Waals surface area contributed by atoms with Gasteiger partial charge in [0, 0.05) is 0 Å². The van der Waals surface area contributed by atoms with Crippen LogP contribution in [0.5, 0.6) is 0 Å². The summed E-state index contributed by atoms with van der Waals surface area (Å²) in [4.78, 5) is 0. The first-order valence-electron chi connectivity index (χ1n) is 3.88. The van der Waals surface area contributed by atoms with Gasteiger partial charge in [-0.3, -0.25) is 0 Å². The van der Waals surface area contributed by atoms with Crippen LogP contribution < -0.4 is 0 Å². The molecular formula is C8H11BBr2. The largest absolute Gasteiger partial charge is 0.202 e. The molecule has 0 saturated carbocycles. The standard InChI is InChI=1S/C8H11BBr2/c1-2-8(10,11)9-6-4-3-5-7-9/h3-6H,2,7H2,1H3. The zero-order chi connectivity index (χ0) is 8.32. The van der Waals surface area contributed by atoms with Crippen LogP contribution in [0, 0.1) is 0 Å².